The zero-order chi connectivity index (χ0) is 14.0. The van der Waals surface area contributed by atoms with Crippen LogP contribution in [0.1, 0.15) is 22.7 Å². The molecule has 0 spiro atoms. The molecular formula is C12H10BrF3N2O. The predicted molar refractivity (Wildman–Crippen MR) is 67.0 cm³/mol. The molecule has 0 amide bonds. The maximum atomic E-state index is 12.8. The number of hydrogen-bond acceptors (Lipinski definition) is 3. The lowest BCUT2D eigenvalue weighted by atomic mass is 9.99. The Morgan fingerprint density at radius 3 is 2.47 bits per heavy atom. The number of hydrogen-bond donors (Lipinski definition) is 2. The molecule has 0 aliphatic heterocycles. The van der Waals surface area contributed by atoms with Crippen LogP contribution >= 0.6 is 15.9 Å². The lowest BCUT2D eigenvalue weighted by molar-refractivity contribution is -0.138. The summed E-state index contributed by atoms with van der Waals surface area (Å²) < 4.78 is 43.4. The summed E-state index contributed by atoms with van der Waals surface area (Å²) in [4.78, 5) is 0. The molecule has 1 heterocycles. The Bertz CT molecular complexity index is 555. The first kappa shape index (κ1) is 14.1. The van der Waals surface area contributed by atoms with Crippen LogP contribution in [0.5, 0.6) is 0 Å². The van der Waals surface area contributed by atoms with Crippen molar-refractivity contribution in [3.8, 4) is 0 Å². The number of nitrogens with two attached hydrogens (primary N) is 1. The van der Waals surface area contributed by atoms with E-state index in [1.807, 2.05) is 0 Å². The third kappa shape index (κ3) is 2.99. The van der Waals surface area contributed by atoms with Gasteiger partial charge in [0.15, 0.2) is 0 Å². The molecule has 1 aromatic heterocycles. The lowest BCUT2D eigenvalue weighted by Crippen LogP contribution is -2.28. The number of hydrazine groups is 1. The highest BCUT2D eigenvalue weighted by Crippen LogP contribution is 2.37. The van der Waals surface area contributed by atoms with Crippen LogP contribution in [0.3, 0.4) is 0 Å². The van der Waals surface area contributed by atoms with Crippen molar-refractivity contribution in [3.05, 3.63) is 58.0 Å². The van der Waals surface area contributed by atoms with Crippen LogP contribution in [0.4, 0.5) is 13.2 Å². The van der Waals surface area contributed by atoms with E-state index in [2.05, 4.69) is 21.4 Å². The molecule has 2 aromatic rings. The molecule has 0 fully saturated rings. The summed E-state index contributed by atoms with van der Waals surface area (Å²) in [7, 11) is 0. The summed E-state index contributed by atoms with van der Waals surface area (Å²) in [6.45, 7) is 0. The Hall–Kier alpha value is -1.31. The van der Waals surface area contributed by atoms with Crippen LogP contribution in [0, 0.1) is 0 Å². The molecule has 19 heavy (non-hydrogen) atoms. The molecule has 7 heteroatoms. The second-order valence-electron chi connectivity index (χ2n) is 3.89. The van der Waals surface area contributed by atoms with E-state index in [0.717, 1.165) is 6.07 Å². The summed E-state index contributed by atoms with van der Waals surface area (Å²) in [6, 6.07) is 5.05. The third-order valence-electron chi connectivity index (χ3n) is 2.67. The number of rotatable bonds is 3. The fourth-order valence-corrected chi connectivity index (χ4v) is 2.24. The van der Waals surface area contributed by atoms with Gasteiger partial charge in [0.1, 0.15) is 0 Å². The van der Waals surface area contributed by atoms with Crippen molar-refractivity contribution in [2.45, 2.75) is 12.2 Å². The Morgan fingerprint density at radius 1 is 1.21 bits per heavy atom. The average Bonchev–Trinajstić information content (AvgIpc) is 2.84. The Morgan fingerprint density at radius 2 is 1.95 bits per heavy atom. The second-order valence-corrected chi connectivity index (χ2v) is 4.75. The first-order chi connectivity index (χ1) is 8.93. The zero-order valence-electron chi connectivity index (χ0n) is 9.54. The molecule has 3 nitrogen and oxygen atoms in total. The van der Waals surface area contributed by atoms with E-state index in [0.29, 0.717) is 11.1 Å². The van der Waals surface area contributed by atoms with E-state index in [9.17, 15) is 13.2 Å². The van der Waals surface area contributed by atoms with Gasteiger partial charge in [-0.3, -0.25) is 5.84 Å². The van der Waals surface area contributed by atoms with E-state index in [1.165, 1.54) is 18.6 Å². The van der Waals surface area contributed by atoms with Crippen molar-refractivity contribution in [3.63, 3.8) is 0 Å². The van der Waals surface area contributed by atoms with E-state index in [4.69, 9.17) is 10.3 Å². The minimum absolute atomic E-state index is 0.00767. The number of benzene rings is 1. The fraction of sp³-hybridized carbons (Fsp3) is 0.167. The quantitative estimate of drug-likeness (QED) is 0.665. The minimum atomic E-state index is -4.43. The van der Waals surface area contributed by atoms with Gasteiger partial charge in [0.2, 0.25) is 0 Å². The Balaban J connectivity index is 2.45. The molecule has 0 saturated carbocycles. The Kier molecular flexibility index (Phi) is 3.98. The van der Waals surface area contributed by atoms with Crippen LogP contribution in [-0.2, 0) is 6.18 Å². The normalized spacial score (nSPS) is 13.5. The van der Waals surface area contributed by atoms with Gasteiger partial charge >= 0.3 is 6.18 Å². The maximum absolute atomic E-state index is 12.8. The van der Waals surface area contributed by atoms with Crippen molar-refractivity contribution in [2.24, 2.45) is 5.84 Å². The molecule has 2 rings (SSSR count). The predicted octanol–water partition coefficient (Wildman–Crippen LogP) is 3.61. The van der Waals surface area contributed by atoms with Crippen LogP contribution < -0.4 is 11.3 Å². The van der Waals surface area contributed by atoms with E-state index < -0.39 is 17.8 Å². The molecule has 0 aliphatic carbocycles. The molecule has 102 valence electrons. The monoisotopic (exact) mass is 334 g/mol. The Labute approximate surface area is 115 Å². The summed E-state index contributed by atoms with van der Waals surface area (Å²) in [5.74, 6) is 5.41. The van der Waals surface area contributed by atoms with Gasteiger partial charge in [0.25, 0.3) is 0 Å². The molecule has 1 atom stereocenters. The van der Waals surface area contributed by atoms with Gasteiger partial charge in [-0.1, -0.05) is 22.0 Å². The molecule has 3 N–H and O–H groups in total. The number of halogens is 4. The van der Waals surface area contributed by atoms with Gasteiger partial charge in [-0.25, -0.2) is 5.43 Å². The number of nitrogens with one attached hydrogen (secondary N) is 1. The maximum Gasteiger partial charge on any atom is 0.417 e. The van der Waals surface area contributed by atoms with Gasteiger partial charge in [-0.05, 0) is 23.8 Å². The standard InChI is InChI=1S/C12H10BrF3N2O/c13-10-2-1-7(5-9(10)12(14,15)16)11(18-17)8-3-4-19-6-8/h1-6,11,18H,17H2. The first-order valence-corrected chi connectivity index (χ1v) is 6.07. The van der Waals surface area contributed by atoms with Crippen LogP contribution in [0.25, 0.3) is 0 Å². The summed E-state index contributed by atoms with van der Waals surface area (Å²) in [5, 5.41) is 0. The van der Waals surface area contributed by atoms with Crippen molar-refractivity contribution < 1.29 is 17.6 Å². The van der Waals surface area contributed by atoms with Gasteiger partial charge in [0, 0.05) is 10.0 Å². The smallest absolute Gasteiger partial charge is 0.417 e. The summed E-state index contributed by atoms with van der Waals surface area (Å²) in [6.07, 6.45) is -1.56. The van der Waals surface area contributed by atoms with Crippen molar-refractivity contribution in [1.29, 1.82) is 0 Å². The lowest BCUT2D eigenvalue weighted by Gasteiger charge is -2.17. The highest BCUT2D eigenvalue weighted by atomic mass is 79.9. The van der Waals surface area contributed by atoms with Crippen molar-refractivity contribution in [1.82, 2.24) is 5.43 Å². The third-order valence-corrected chi connectivity index (χ3v) is 3.36. The molecule has 1 aromatic carbocycles. The molecule has 0 radical (unpaired) electrons. The van der Waals surface area contributed by atoms with Crippen LogP contribution in [0.2, 0.25) is 0 Å². The van der Waals surface area contributed by atoms with Crippen molar-refractivity contribution in [2.75, 3.05) is 0 Å². The van der Waals surface area contributed by atoms with E-state index in [1.54, 1.807) is 12.1 Å². The van der Waals surface area contributed by atoms with Gasteiger partial charge in [0.05, 0.1) is 24.1 Å². The highest BCUT2D eigenvalue weighted by Gasteiger charge is 2.33. The molecular weight excluding hydrogens is 325 g/mol. The van der Waals surface area contributed by atoms with E-state index in [-0.39, 0.29) is 4.47 Å². The SMILES string of the molecule is NNC(c1ccoc1)c1ccc(Br)c(C(F)(F)F)c1. The van der Waals surface area contributed by atoms with E-state index >= 15 is 0 Å². The number of furan rings is 1. The topological polar surface area (TPSA) is 51.2 Å². The summed E-state index contributed by atoms with van der Waals surface area (Å²) >= 11 is 2.90. The molecule has 0 bridgehead atoms. The molecule has 0 saturated heterocycles. The second kappa shape index (κ2) is 5.36. The van der Waals surface area contributed by atoms with Crippen LogP contribution in [-0.4, -0.2) is 0 Å². The minimum Gasteiger partial charge on any atom is -0.472 e. The van der Waals surface area contributed by atoms with Crippen molar-refractivity contribution >= 4 is 15.9 Å². The van der Waals surface area contributed by atoms with Gasteiger partial charge < -0.3 is 4.42 Å². The highest BCUT2D eigenvalue weighted by molar-refractivity contribution is 9.10. The van der Waals surface area contributed by atoms with Crippen LogP contribution in [0.15, 0.2) is 45.7 Å². The fourth-order valence-electron chi connectivity index (χ4n) is 1.76. The summed E-state index contributed by atoms with van der Waals surface area (Å²) in [5.41, 5.74) is 2.79. The molecule has 0 aliphatic rings. The zero-order valence-corrected chi connectivity index (χ0v) is 11.1. The number of alkyl halides is 3. The average molecular weight is 335 g/mol. The first-order valence-electron chi connectivity index (χ1n) is 5.28. The largest absolute Gasteiger partial charge is 0.472 e. The van der Waals surface area contributed by atoms with Gasteiger partial charge in [-0.15, -0.1) is 0 Å². The molecule has 1 unspecified atom stereocenters. The van der Waals surface area contributed by atoms with Gasteiger partial charge in [-0.2, -0.15) is 13.2 Å².